The largest absolute Gasteiger partial charge is 0.479 e. The molecule has 5 heteroatoms. The van der Waals surface area contributed by atoms with Gasteiger partial charge in [0.05, 0.1) is 26.4 Å². The normalized spacial score (nSPS) is 12.4. The topological polar surface area (TPSA) is 76.0 Å². The number of hydrogen-bond acceptors (Lipinski definition) is 4. The highest BCUT2D eigenvalue weighted by Crippen LogP contribution is 2.13. The number of carboxylic acids is 1. The fourth-order valence-electron chi connectivity index (χ4n) is 2.51. The van der Waals surface area contributed by atoms with Crippen LogP contribution in [0.2, 0.25) is 0 Å². The van der Waals surface area contributed by atoms with E-state index < -0.39 is 12.1 Å². The van der Waals surface area contributed by atoms with Gasteiger partial charge < -0.3 is 19.7 Å². The monoisotopic (exact) mass is 332 g/mol. The van der Waals surface area contributed by atoms with Crippen LogP contribution in [0, 0.1) is 0 Å². The maximum Gasteiger partial charge on any atom is 0.332 e. The van der Waals surface area contributed by atoms with Crippen LogP contribution >= 0.6 is 0 Å². The van der Waals surface area contributed by atoms with Crippen molar-refractivity contribution < 1.29 is 24.5 Å². The highest BCUT2D eigenvalue weighted by molar-refractivity contribution is 5.72. The Hall–Kier alpha value is -0.650. The molecule has 138 valence electrons. The minimum atomic E-state index is -0.900. The Bertz CT molecular complexity index is 258. The molecule has 0 rings (SSSR count). The molecule has 0 bridgehead atoms. The quantitative estimate of drug-likeness (QED) is 0.374. The summed E-state index contributed by atoms with van der Waals surface area (Å²) in [6.07, 6.45) is 12.2. The van der Waals surface area contributed by atoms with E-state index in [1.807, 2.05) is 0 Å². The lowest BCUT2D eigenvalue weighted by Gasteiger charge is -2.13. The predicted molar refractivity (Wildman–Crippen MR) is 91.7 cm³/mol. The van der Waals surface area contributed by atoms with Gasteiger partial charge in [0.1, 0.15) is 0 Å². The van der Waals surface area contributed by atoms with Crippen molar-refractivity contribution in [2.45, 2.75) is 83.7 Å². The summed E-state index contributed by atoms with van der Waals surface area (Å²) in [4.78, 5) is 11.1. The molecule has 23 heavy (non-hydrogen) atoms. The molecule has 0 aromatic carbocycles. The van der Waals surface area contributed by atoms with Gasteiger partial charge in [-0.3, -0.25) is 0 Å². The second-order valence-corrected chi connectivity index (χ2v) is 6.00. The Morgan fingerprint density at radius 2 is 1.43 bits per heavy atom. The highest BCUT2D eigenvalue weighted by Gasteiger charge is 2.17. The fourth-order valence-corrected chi connectivity index (χ4v) is 2.51. The molecule has 0 amide bonds. The number of carbonyl (C=O) groups is 1. The second-order valence-electron chi connectivity index (χ2n) is 6.00. The molecule has 0 heterocycles. The van der Waals surface area contributed by atoms with Crippen LogP contribution in [0.15, 0.2) is 0 Å². The third-order valence-electron chi connectivity index (χ3n) is 3.88. The standard InChI is InChI=1S/C18H36O5/c1-2-3-4-5-6-7-8-9-10-11-12-17(18(20)21)23-16-15-22-14-13-19/h17,19H,2-16H2,1H3,(H,20,21). The van der Waals surface area contributed by atoms with Crippen molar-refractivity contribution in [1.29, 1.82) is 0 Å². The van der Waals surface area contributed by atoms with Gasteiger partial charge in [0, 0.05) is 0 Å². The molecule has 0 fully saturated rings. The van der Waals surface area contributed by atoms with Gasteiger partial charge >= 0.3 is 5.97 Å². The number of rotatable bonds is 18. The smallest absolute Gasteiger partial charge is 0.332 e. The summed E-state index contributed by atoms with van der Waals surface area (Å²) >= 11 is 0. The van der Waals surface area contributed by atoms with Crippen molar-refractivity contribution in [2.24, 2.45) is 0 Å². The van der Waals surface area contributed by atoms with Crippen LogP contribution in [0.25, 0.3) is 0 Å². The van der Waals surface area contributed by atoms with Crippen LogP contribution in [-0.2, 0) is 14.3 Å². The van der Waals surface area contributed by atoms with E-state index >= 15 is 0 Å². The maximum atomic E-state index is 11.1. The molecule has 0 radical (unpaired) electrons. The minimum absolute atomic E-state index is 0.0268. The minimum Gasteiger partial charge on any atom is -0.479 e. The summed E-state index contributed by atoms with van der Waals surface area (Å²) in [7, 11) is 0. The van der Waals surface area contributed by atoms with Gasteiger partial charge in [0.2, 0.25) is 0 Å². The van der Waals surface area contributed by atoms with E-state index in [-0.39, 0.29) is 19.8 Å². The van der Waals surface area contributed by atoms with E-state index in [0.717, 1.165) is 12.8 Å². The Morgan fingerprint density at radius 3 is 1.96 bits per heavy atom. The molecule has 1 unspecified atom stereocenters. The van der Waals surface area contributed by atoms with Crippen LogP contribution in [0.5, 0.6) is 0 Å². The summed E-state index contributed by atoms with van der Waals surface area (Å²) in [5.74, 6) is -0.900. The Morgan fingerprint density at radius 1 is 0.870 bits per heavy atom. The van der Waals surface area contributed by atoms with Crippen LogP contribution in [0.3, 0.4) is 0 Å². The van der Waals surface area contributed by atoms with Gasteiger partial charge in [-0.05, 0) is 6.42 Å². The van der Waals surface area contributed by atoms with E-state index in [1.54, 1.807) is 0 Å². The first kappa shape index (κ1) is 22.4. The zero-order valence-corrected chi connectivity index (χ0v) is 14.8. The summed E-state index contributed by atoms with van der Waals surface area (Å²) in [5.41, 5.74) is 0. The van der Waals surface area contributed by atoms with Crippen LogP contribution < -0.4 is 0 Å². The first-order valence-corrected chi connectivity index (χ1v) is 9.25. The molecule has 0 spiro atoms. The van der Waals surface area contributed by atoms with Gasteiger partial charge in [-0.1, -0.05) is 71.1 Å². The van der Waals surface area contributed by atoms with Crippen LogP contribution in [0.1, 0.15) is 77.6 Å². The molecule has 0 saturated heterocycles. The summed E-state index contributed by atoms with van der Waals surface area (Å²) in [5, 5.41) is 17.7. The van der Waals surface area contributed by atoms with E-state index in [4.69, 9.17) is 19.7 Å². The Balaban J connectivity index is 3.45. The Kier molecular flexibility index (Phi) is 17.2. The number of carboxylic acid groups (broad SMARTS) is 1. The average molecular weight is 332 g/mol. The first-order valence-electron chi connectivity index (χ1n) is 9.25. The fraction of sp³-hybridized carbons (Fsp3) is 0.944. The lowest BCUT2D eigenvalue weighted by atomic mass is 10.0. The average Bonchev–Trinajstić information content (AvgIpc) is 2.54. The van der Waals surface area contributed by atoms with E-state index in [9.17, 15) is 4.79 Å². The molecule has 2 N–H and O–H groups in total. The van der Waals surface area contributed by atoms with Gasteiger partial charge in [-0.15, -0.1) is 0 Å². The number of unbranched alkanes of at least 4 members (excludes halogenated alkanes) is 9. The molecule has 5 nitrogen and oxygen atoms in total. The van der Waals surface area contributed by atoms with Gasteiger partial charge in [-0.25, -0.2) is 4.79 Å². The number of hydrogen-bond donors (Lipinski definition) is 2. The third kappa shape index (κ3) is 16.0. The van der Waals surface area contributed by atoms with Gasteiger partial charge in [-0.2, -0.15) is 0 Å². The number of aliphatic hydroxyl groups excluding tert-OH is 1. The zero-order valence-electron chi connectivity index (χ0n) is 14.8. The number of aliphatic carboxylic acids is 1. The lowest BCUT2D eigenvalue weighted by Crippen LogP contribution is -2.25. The molecule has 0 aliphatic heterocycles. The molecule has 0 saturated carbocycles. The second kappa shape index (κ2) is 17.7. The molecule has 0 aliphatic rings. The molecule has 0 aromatic rings. The van der Waals surface area contributed by atoms with Crippen LogP contribution in [-0.4, -0.2) is 48.7 Å². The van der Waals surface area contributed by atoms with Gasteiger partial charge in [0.25, 0.3) is 0 Å². The SMILES string of the molecule is CCCCCCCCCCCCC(OCCOCCO)C(=O)O. The zero-order chi connectivity index (χ0) is 17.2. The Labute approximate surface area is 141 Å². The van der Waals surface area contributed by atoms with Crippen molar-refractivity contribution in [1.82, 2.24) is 0 Å². The van der Waals surface area contributed by atoms with Crippen molar-refractivity contribution in [3.63, 3.8) is 0 Å². The maximum absolute atomic E-state index is 11.1. The predicted octanol–water partition coefficient (Wildman–Crippen LogP) is 3.78. The van der Waals surface area contributed by atoms with E-state index in [1.165, 1.54) is 51.4 Å². The van der Waals surface area contributed by atoms with Crippen molar-refractivity contribution in [2.75, 3.05) is 26.4 Å². The first-order chi connectivity index (χ1) is 11.2. The number of aliphatic hydroxyl groups is 1. The lowest BCUT2D eigenvalue weighted by molar-refractivity contribution is -0.152. The van der Waals surface area contributed by atoms with Crippen molar-refractivity contribution in [3.8, 4) is 0 Å². The summed E-state index contributed by atoms with van der Waals surface area (Å²) in [6, 6.07) is 0. The molecular weight excluding hydrogens is 296 g/mol. The molecular formula is C18H36O5. The third-order valence-corrected chi connectivity index (χ3v) is 3.88. The molecule has 0 aromatic heterocycles. The van der Waals surface area contributed by atoms with E-state index in [2.05, 4.69) is 6.92 Å². The molecule has 0 aliphatic carbocycles. The number of ether oxygens (including phenoxy) is 2. The summed E-state index contributed by atoms with van der Waals surface area (Å²) < 4.78 is 10.4. The highest BCUT2D eigenvalue weighted by atomic mass is 16.5. The molecule has 1 atom stereocenters. The van der Waals surface area contributed by atoms with Gasteiger partial charge in [0.15, 0.2) is 6.10 Å². The summed E-state index contributed by atoms with van der Waals surface area (Å²) in [6.45, 7) is 3.05. The van der Waals surface area contributed by atoms with Crippen LogP contribution in [0.4, 0.5) is 0 Å². The van der Waals surface area contributed by atoms with Crippen molar-refractivity contribution in [3.05, 3.63) is 0 Å². The van der Waals surface area contributed by atoms with Crippen molar-refractivity contribution >= 4 is 5.97 Å². The van der Waals surface area contributed by atoms with E-state index in [0.29, 0.717) is 13.0 Å².